The molecule has 2 amide bonds. The van der Waals surface area contributed by atoms with Crippen molar-refractivity contribution in [2.24, 2.45) is 0 Å². The van der Waals surface area contributed by atoms with Crippen LogP contribution in [0.25, 0.3) is 0 Å². The van der Waals surface area contributed by atoms with Crippen LogP contribution in [0.2, 0.25) is 5.02 Å². The Morgan fingerprint density at radius 1 is 0.857 bits per heavy atom. The van der Waals surface area contributed by atoms with E-state index in [9.17, 15) is 9.59 Å². The molecule has 0 aliphatic heterocycles. The Balaban J connectivity index is 1.86. The van der Waals surface area contributed by atoms with Gasteiger partial charge in [0.2, 0.25) is 11.8 Å². The van der Waals surface area contributed by atoms with E-state index in [1.807, 2.05) is 93.6 Å². The van der Waals surface area contributed by atoms with Crippen molar-refractivity contribution in [3.8, 4) is 0 Å². The van der Waals surface area contributed by atoms with Crippen LogP contribution in [0.3, 0.4) is 0 Å². The number of thioether (sulfide) groups is 1. The van der Waals surface area contributed by atoms with Crippen molar-refractivity contribution < 1.29 is 9.59 Å². The quantitative estimate of drug-likeness (QED) is 0.358. The van der Waals surface area contributed by atoms with Crippen molar-refractivity contribution in [2.45, 2.75) is 51.1 Å². The van der Waals surface area contributed by atoms with E-state index in [0.29, 0.717) is 18.0 Å². The predicted octanol–water partition coefficient (Wildman–Crippen LogP) is 6.13. The fourth-order valence-corrected chi connectivity index (χ4v) is 4.70. The number of hydrogen-bond donors (Lipinski definition) is 1. The minimum absolute atomic E-state index is 0.0640. The second-order valence-corrected chi connectivity index (χ2v) is 11.0. The first-order chi connectivity index (χ1) is 16.7. The van der Waals surface area contributed by atoms with Crippen LogP contribution in [0.5, 0.6) is 0 Å². The van der Waals surface area contributed by atoms with Crippen LogP contribution in [0, 0.1) is 0 Å². The lowest BCUT2D eigenvalue weighted by molar-refractivity contribution is -0.140. The number of carbonyl (C=O) groups excluding carboxylic acids is 2. The summed E-state index contributed by atoms with van der Waals surface area (Å²) in [6.45, 7) is 6.18. The fourth-order valence-electron chi connectivity index (χ4n) is 3.71. The molecule has 3 aromatic rings. The second-order valence-electron chi connectivity index (χ2n) is 9.57. The molecule has 1 atom stereocenters. The standard InChI is InChI=1S/C29H33ClN2O2S/c1-29(2,3)31-28(34)26(18-22-10-6-4-7-11-22)32(19-23-14-16-25(30)17-15-23)27(33)21-35-20-24-12-8-5-9-13-24/h4-17,26H,18-21H2,1-3H3,(H,31,34). The van der Waals surface area contributed by atoms with Crippen molar-refractivity contribution >= 4 is 35.2 Å². The summed E-state index contributed by atoms with van der Waals surface area (Å²) >= 11 is 7.64. The third kappa shape index (κ3) is 9.08. The van der Waals surface area contributed by atoms with Crippen molar-refractivity contribution in [2.75, 3.05) is 5.75 Å². The fraction of sp³-hybridized carbons (Fsp3) is 0.310. The van der Waals surface area contributed by atoms with Gasteiger partial charge < -0.3 is 10.2 Å². The molecule has 0 aliphatic rings. The van der Waals surface area contributed by atoms with Gasteiger partial charge in [0.1, 0.15) is 6.04 Å². The number of amides is 2. The zero-order valence-corrected chi connectivity index (χ0v) is 22.1. The summed E-state index contributed by atoms with van der Waals surface area (Å²) in [7, 11) is 0. The Hall–Kier alpha value is -2.76. The molecule has 0 bridgehead atoms. The van der Waals surface area contributed by atoms with Gasteiger partial charge >= 0.3 is 0 Å². The molecular formula is C29H33ClN2O2S. The predicted molar refractivity (Wildman–Crippen MR) is 146 cm³/mol. The van der Waals surface area contributed by atoms with E-state index in [1.165, 1.54) is 5.56 Å². The zero-order chi connectivity index (χ0) is 25.3. The largest absolute Gasteiger partial charge is 0.350 e. The molecule has 3 rings (SSSR count). The van der Waals surface area contributed by atoms with Crippen LogP contribution < -0.4 is 5.32 Å². The van der Waals surface area contributed by atoms with Crippen LogP contribution in [0.15, 0.2) is 84.9 Å². The molecular weight excluding hydrogens is 476 g/mol. The van der Waals surface area contributed by atoms with E-state index in [1.54, 1.807) is 16.7 Å². The highest BCUT2D eigenvalue weighted by Crippen LogP contribution is 2.20. The summed E-state index contributed by atoms with van der Waals surface area (Å²) in [5.74, 6) is 0.803. The van der Waals surface area contributed by atoms with Gasteiger partial charge in [0.15, 0.2) is 0 Å². The summed E-state index contributed by atoms with van der Waals surface area (Å²) in [5, 5.41) is 3.73. The molecule has 0 radical (unpaired) electrons. The van der Waals surface area contributed by atoms with Gasteiger partial charge in [0.25, 0.3) is 0 Å². The summed E-state index contributed by atoms with van der Waals surface area (Å²) in [5.41, 5.74) is 2.69. The Bertz CT molecular complexity index is 1080. The maximum atomic E-state index is 13.6. The Morgan fingerprint density at radius 2 is 1.43 bits per heavy atom. The molecule has 0 fully saturated rings. The van der Waals surface area contributed by atoms with E-state index in [-0.39, 0.29) is 17.6 Å². The van der Waals surface area contributed by atoms with Gasteiger partial charge in [-0.1, -0.05) is 84.4 Å². The molecule has 3 aromatic carbocycles. The van der Waals surface area contributed by atoms with Crippen LogP contribution in [0.4, 0.5) is 0 Å². The van der Waals surface area contributed by atoms with Crippen LogP contribution in [-0.2, 0) is 28.3 Å². The number of nitrogens with one attached hydrogen (secondary N) is 1. The van der Waals surface area contributed by atoms with Crippen molar-refractivity contribution in [3.05, 3.63) is 107 Å². The maximum absolute atomic E-state index is 13.6. The van der Waals surface area contributed by atoms with Gasteiger partial charge in [0, 0.05) is 29.3 Å². The lowest BCUT2D eigenvalue weighted by Crippen LogP contribution is -2.54. The monoisotopic (exact) mass is 508 g/mol. The highest BCUT2D eigenvalue weighted by Gasteiger charge is 2.32. The smallest absolute Gasteiger partial charge is 0.243 e. The van der Waals surface area contributed by atoms with Crippen LogP contribution >= 0.6 is 23.4 Å². The van der Waals surface area contributed by atoms with Crippen LogP contribution in [-0.4, -0.2) is 34.0 Å². The number of carbonyl (C=O) groups is 2. The molecule has 184 valence electrons. The van der Waals surface area contributed by atoms with Gasteiger partial charge in [-0.3, -0.25) is 9.59 Å². The molecule has 4 nitrogen and oxygen atoms in total. The van der Waals surface area contributed by atoms with Crippen molar-refractivity contribution in [1.82, 2.24) is 10.2 Å². The highest BCUT2D eigenvalue weighted by molar-refractivity contribution is 7.99. The van der Waals surface area contributed by atoms with Gasteiger partial charge in [-0.05, 0) is 49.6 Å². The molecule has 0 heterocycles. The summed E-state index contributed by atoms with van der Waals surface area (Å²) in [6.07, 6.45) is 0.436. The minimum Gasteiger partial charge on any atom is -0.350 e. The number of rotatable bonds is 10. The number of benzene rings is 3. The van der Waals surface area contributed by atoms with E-state index >= 15 is 0 Å². The first-order valence-electron chi connectivity index (χ1n) is 11.7. The molecule has 35 heavy (non-hydrogen) atoms. The maximum Gasteiger partial charge on any atom is 0.243 e. The molecule has 0 spiro atoms. The first kappa shape index (κ1) is 26.8. The summed E-state index contributed by atoms with van der Waals surface area (Å²) in [6, 6.07) is 26.7. The summed E-state index contributed by atoms with van der Waals surface area (Å²) in [4.78, 5) is 28.8. The number of halogens is 1. The van der Waals surface area contributed by atoms with Gasteiger partial charge in [-0.25, -0.2) is 0 Å². The minimum atomic E-state index is -0.642. The van der Waals surface area contributed by atoms with E-state index < -0.39 is 11.6 Å². The van der Waals surface area contributed by atoms with Gasteiger partial charge in [-0.15, -0.1) is 11.8 Å². The average Bonchev–Trinajstić information content (AvgIpc) is 2.82. The number of hydrogen-bond acceptors (Lipinski definition) is 3. The third-order valence-corrected chi connectivity index (χ3v) is 6.61. The lowest BCUT2D eigenvalue weighted by Gasteiger charge is -2.34. The molecule has 0 aromatic heterocycles. The van der Waals surface area contributed by atoms with E-state index in [4.69, 9.17) is 11.6 Å². The normalized spacial score (nSPS) is 12.1. The van der Waals surface area contributed by atoms with Gasteiger partial charge in [0.05, 0.1) is 5.75 Å². The SMILES string of the molecule is CC(C)(C)NC(=O)C(Cc1ccccc1)N(Cc1ccc(Cl)cc1)C(=O)CSCc1ccccc1. The molecule has 0 saturated heterocycles. The molecule has 6 heteroatoms. The Labute approximate surface area is 218 Å². The molecule has 1 N–H and O–H groups in total. The third-order valence-electron chi connectivity index (χ3n) is 5.37. The topological polar surface area (TPSA) is 49.4 Å². The molecule has 0 saturated carbocycles. The Kier molecular flexibility index (Phi) is 9.82. The molecule has 0 aliphatic carbocycles. The molecule has 1 unspecified atom stereocenters. The highest BCUT2D eigenvalue weighted by atomic mass is 35.5. The van der Waals surface area contributed by atoms with Gasteiger partial charge in [-0.2, -0.15) is 0 Å². The van der Waals surface area contributed by atoms with E-state index in [0.717, 1.165) is 16.9 Å². The lowest BCUT2D eigenvalue weighted by atomic mass is 10.0. The first-order valence-corrected chi connectivity index (χ1v) is 13.3. The summed E-state index contributed by atoms with van der Waals surface area (Å²) < 4.78 is 0. The zero-order valence-electron chi connectivity index (χ0n) is 20.5. The van der Waals surface area contributed by atoms with Crippen LogP contribution in [0.1, 0.15) is 37.5 Å². The Morgan fingerprint density at radius 3 is 2.00 bits per heavy atom. The second kappa shape index (κ2) is 12.8. The van der Waals surface area contributed by atoms with Crippen molar-refractivity contribution in [3.63, 3.8) is 0 Å². The number of nitrogens with zero attached hydrogens (tertiary/aromatic N) is 1. The van der Waals surface area contributed by atoms with E-state index in [2.05, 4.69) is 17.4 Å². The van der Waals surface area contributed by atoms with Crippen molar-refractivity contribution in [1.29, 1.82) is 0 Å². The average molecular weight is 509 g/mol.